The molecule has 0 saturated heterocycles. The predicted octanol–water partition coefficient (Wildman–Crippen LogP) is 2.30. The van der Waals surface area contributed by atoms with E-state index in [1.165, 1.54) is 6.20 Å². The van der Waals surface area contributed by atoms with Crippen molar-refractivity contribution in [1.29, 1.82) is 0 Å². The molecule has 2 rings (SSSR count). The second kappa shape index (κ2) is 6.00. The van der Waals surface area contributed by atoms with Crippen molar-refractivity contribution in [2.45, 2.75) is 26.4 Å². The second-order valence-corrected chi connectivity index (χ2v) is 4.05. The standard InChI is InChI=1S/C14H16N2O2/c1-2-6-13-15-9-12(14(17)16-13)18-10-11-7-4-3-5-8-11/h3-5,7-9H,2,6,10H2,1H3,(H,15,16,17). The van der Waals surface area contributed by atoms with Crippen LogP contribution in [-0.2, 0) is 13.0 Å². The van der Waals surface area contributed by atoms with Gasteiger partial charge < -0.3 is 9.72 Å². The lowest BCUT2D eigenvalue weighted by Crippen LogP contribution is -2.14. The normalized spacial score (nSPS) is 10.3. The zero-order chi connectivity index (χ0) is 12.8. The summed E-state index contributed by atoms with van der Waals surface area (Å²) in [4.78, 5) is 18.6. The molecule has 4 nitrogen and oxygen atoms in total. The Morgan fingerprint density at radius 2 is 2.06 bits per heavy atom. The molecule has 0 aliphatic rings. The van der Waals surface area contributed by atoms with Gasteiger partial charge in [-0.3, -0.25) is 4.79 Å². The van der Waals surface area contributed by atoms with E-state index in [2.05, 4.69) is 9.97 Å². The minimum absolute atomic E-state index is 0.218. The van der Waals surface area contributed by atoms with Gasteiger partial charge in [0.2, 0.25) is 5.75 Å². The summed E-state index contributed by atoms with van der Waals surface area (Å²) in [5, 5.41) is 0. The van der Waals surface area contributed by atoms with Crippen LogP contribution in [0.4, 0.5) is 0 Å². The smallest absolute Gasteiger partial charge is 0.293 e. The van der Waals surface area contributed by atoms with Crippen molar-refractivity contribution < 1.29 is 4.74 Å². The Balaban J connectivity index is 2.04. The number of rotatable bonds is 5. The number of hydrogen-bond donors (Lipinski definition) is 1. The third-order valence-electron chi connectivity index (χ3n) is 2.54. The quantitative estimate of drug-likeness (QED) is 0.878. The van der Waals surface area contributed by atoms with Crippen LogP contribution in [0.15, 0.2) is 41.3 Å². The van der Waals surface area contributed by atoms with E-state index in [-0.39, 0.29) is 11.3 Å². The largest absolute Gasteiger partial charge is 0.482 e. The molecule has 0 atom stereocenters. The van der Waals surface area contributed by atoms with E-state index < -0.39 is 0 Å². The van der Waals surface area contributed by atoms with Crippen LogP contribution in [0.1, 0.15) is 24.7 Å². The number of ether oxygens (including phenoxy) is 1. The second-order valence-electron chi connectivity index (χ2n) is 4.05. The molecule has 0 spiro atoms. The Morgan fingerprint density at radius 1 is 1.28 bits per heavy atom. The maximum absolute atomic E-state index is 11.7. The van der Waals surface area contributed by atoms with Gasteiger partial charge in [0, 0.05) is 6.42 Å². The van der Waals surface area contributed by atoms with Crippen molar-refractivity contribution in [1.82, 2.24) is 9.97 Å². The zero-order valence-electron chi connectivity index (χ0n) is 10.3. The van der Waals surface area contributed by atoms with Gasteiger partial charge in [0.25, 0.3) is 5.56 Å². The van der Waals surface area contributed by atoms with Gasteiger partial charge in [-0.2, -0.15) is 0 Å². The first kappa shape index (κ1) is 12.4. The number of H-pyrrole nitrogens is 1. The molecule has 0 saturated carbocycles. The van der Waals surface area contributed by atoms with Crippen molar-refractivity contribution in [3.63, 3.8) is 0 Å². The average molecular weight is 244 g/mol. The number of nitrogens with zero attached hydrogens (tertiary/aromatic N) is 1. The van der Waals surface area contributed by atoms with E-state index in [0.29, 0.717) is 12.4 Å². The molecular formula is C14H16N2O2. The van der Waals surface area contributed by atoms with E-state index in [9.17, 15) is 4.79 Å². The minimum Gasteiger partial charge on any atom is -0.482 e. The van der Waals surface area contributed by atoms with Crippen molar-refractivity contribution in [3.8, 4) is 5.75 Å². The fourth-order valence-electron chi connectivity index (χ4n) is 1.62. The summed E-state index contributed by atoms with van der Waals surface area (Å²) < 4.78 is 5.45. The predicted molar refractivity (Wildman–Crippen MR) is 69.6 cm³/mol. The molecule has 0 fully saturated rings. The fourth-order valence-corrected chi connectivity index (χ4v) is 1.62. The lowest BCUT2D eigenvalue weighted by Gasteiger charge is -2.05. The highest BCUT2D eigenvalue weighted by Gasteiger charge is 2.03. The third-order valence-corrected chi connectivity index (χ3v) is 2.54. The van der Waals surface area contributed by atoms with Gasteiger partial charge in [-0.25, -0.2) is 4.98 Å². The molecule has 1 heterocycles. The van der Waals surface area contributed by atoms with Crippen LogP contribution in [0.2, 0.25) is 0 Å². The van der Waals surface area contributed by atoms with Gasteiger partial charge in [0.05, 0.1) is 6.20 Å². The van der Waals surface area contributed by atoms with Gasteiger partial charge in [-0.05, 0) is 12.0 Å². The molecule has 4 heteroatoms. The summed E-state index contributed by atoms with van der Waals surface area (Å²) in [6.45, 7) is 2.42. The first-order valence-corrected chi connectivity index (χ1v) is 6.04. The van der Waals surface area contributed by atoms with Crippen molar-refractivity contribution in [2.75, 3.05) is 0 Å². The van der Waals surface area contributed by atoms with E-state index in [1.807, 2.05) is 37.3 Å². The number of aromatic nitrogens is 2. The van der Waals surface area contributed by atoms with Crippen LogP contribution in [0.25, 0.3) is 0 Å². The number of aryl methyl sites for hydroxylation is 1. The number of benzene rings is 1. The number of hydrogen-bond acceptors (Lipinski definition) is 3. The third kappa shape index (κ3) is 3.20. The Kier molecular flexibility index (Phi) is 4.12. The molecule has 2 aromatic rings. The van der Waals surface area contributed by atoms with Gasteiger partial charge in [-0.15, -0.1) is 0 Å². The molecule has 0 unspecified atom stereocenters. The van der Waals surface area contributed by atoms with E-state index >= 15 is 0 Å². The maximum Gasteiger partial charge on any atom is 0.293 e. The summed E-state index contributed by atoms with van der Waals surface area (Å²) in [5.74, 6) is 0.966. The monoisotopic (exact) mass is 244 g/mol. The van der Waals surface area contributed by atoms with Gasteiger partial charge in [0.1, 0.15) is 12.4 Å². The molecular weight excluding hydrogens is 228 g/mol. The van der Waals surface area contributed by atoms with E-state index in [1.54, 1.807) is 0 Å². The minimum atomic E-state index is -0.218. The van der Waals surface area contributed by atoms with Crippen LogP contribution in [0.3, 0.4) is 0 Å². The number of aromatic amines is 1. The average Bonchev–Trinajstić information content (AvgIpc) is 2.39. The highest BCUT2D eigenvalue weighted by Crippen LogP contribution is 2.06. The summed E-state index contributed by atoms with van der Waals surface area (Å²) in [6, 6.07) is 9.72. The van der Waals surface area contributed by atoms with Gasteiger partial charge in [-0.1, -0.05) is 37.3 Å². The molecule has 0 bridgehead atoms. The molecule has 0 aliphatic carbocycles. The van der Waals surface area contributed by atoms with Crippen molar-refractivity contribution in [3.05, 3.63) is 58.3 Å². The molecule has 0 radical (unpaired) electrons. The van der Waals surface area contributed by atoms with Crippen LogP contribution in [-0.4, -0.2) is 9.97 Å². The lowest BCUT2D eigenvalue weighted by molar-refractivity contribution is 0.300. The Hall–Kier alpha value is -2.10. The summed E-state index contributed by atoms with van der Waals surface area (Å²) in [5.41, 5.74) is 0.805. The zero-order valence-corrected chi connectivity index (χ0v) is 10.3. The topological polar surface area (TPSA) is 55.0 Å². The molecule has 0 aliphatic heterocycles. The first-order valence-electron chi connectivity index (χ1n) is 6.04. The van der Waals surface area contributed by atoms with E-state index in [4.69, 9.17) is 4.74 Å². The van der Waals surface area contributed by atoms with Crippen molar-refractivity contribution >= 4 is 0 Å². The molecule has 18 heavy (non-hydrogen) atoms. The van der Waals surface area contributed by atoms with Crippen LogP contribution in [0, 0.1) is 0 Å². The van der Waals surface area contributed by atoms with Crippen molar-refractivity contribution in [2.24, 2.45) is 0 Å². The fraction of sp³-hybridized carbons (Fsp3) is 0.286. The van der Waals surface area contributed by atoms with Gasteiger partial charge >= 0.3 is 0 Å². The Bertz CT molecular complexity index is 549. The maximum atomic E-state index is 11.7. The highest BCUT2D eigenvalue weighted by molar-refractivity contribution is 5.17. The Labute approximate surface area is 106 Å². The lowest BCUT2D eigenvalue weighted by atomic mass is 10.2. The summed E-state index contributed by atoms with van der Waals surface area (Å²) >= 11 is 0. The molecule has 94 valence electrons. The van der Waals surface area contributed by atoms with Gasteiger partial charge in [0.15, 0.2) is 0 Å². The van der Waals surface area contributed by atoms with E-state index in [0.717, 1.165) is 18.4 Å². The molecule has 1 N–H and O–H groups in total. The van der Waals surface area contributed by atoms with Crippen LogP contribution in [0.5, 0.6) is 5.75 Å². The SMILES string of the molecule is CCCc1ncc(OCc2ccccc2)c(=O)[nH]1. The summed E-state index contributed by atoms with van der Waals surface area (Å²) in [6.07, 6.45) is 3.22. The molecule has 1 aromatic carbocycles. The highest BCUT2D eigenvalue weighted by atomic mass is 16.5. The molecule has 1 aromatic heterocycles. The summed E-state index contributed by atoms with van der Waals surface area (Å²) in [7, 11) is 0. The van der Waals surface area contributed by atoms with Crippen LogP contribution >= 0.6 is 0 Å². The molecule has 0 amide bonds. The Morgan fingerprint density at radius 3 is 2.72 bits per heavy atom. The first-order chi connectivity index (χ1) is 8.79. The number of nitrogens with one attached hydrogen (secondary N) is 1. The van der Waals surface area contributed by atoms with Crippen LogP contribution < -0.4 is 10.3 Å².